The van der Waals surface area contributed by atoms with E-state index in [9.17, 15) is 9.59 Å². The molecule has 32 heavy (non-hydrogen) atoms. The van der Waals surface area contributed by atoms with Crippen molar-refractivity contribution in [1.29, 1.82) is 0 Å². The van der Waals surface area contributed by atoms with Crippen molar-refractivity contribution in [2.45, 2.75) is 32.4 Å². The molecule has 170 valence electrons. The summed E-state index contributed by atoms with van der Waals surface area (Å²) in [6.07, 6.45) is 1.03. The summed E-state index contributed by atoms with van der Waals surface area (Å²) in [5, 5.41) is 3.82. The van der Waals surface area contributed by atoms with E-state index in [0.717, 1.165) is 49.0 Å². The Morgan fingerprint density at radius 2 is 1.84 bits per heavy atom. The third kappa shape index (κ3) is 5.61. The highest BCUT2D eigenvalue weighted by Gasteiger charge is 2.35. The van der Waals surface area contributed by atoms with Gasteiger partial charge >= 0.3 is 0 Å². The number of carbonyl (C=O) groups excluding carboxylic acids is 2. The predicted molar refractivity (Wildman–Crippen MR) is 128 cm³/mol. The molecule has 1 atom stereocenters. The molecular formula is C25H31ClN4O2. The van der Waals surface area contributed by atoms with Crippen LogP contribution in [0.25, 0.3) is 0 Å². The normalized spacial score (nSPS) is 19.4. The summed E-state index contributed by atoms with van der Waals surface area (Å²) >= 11 is 6.11. The fourth-order valence-electron chi connectivity index (χ4n) is 4.45. The number of nitrogens with one attached hydrogen (secondary N) is 1. The Morgan fingerprint density at radius 3 is 2.56 bits per heavy atom. The van der Waals surface area contributed by atoms with Gasteiger partial charge in [0, 0.05) is 62.9 Å². The molecule has 2 heterocycles. The van der Waals surface area contributed by atoms with Crippen LogP contribution in [-0.2, 0) is 16.1 Å². The summed E-state index contributed by atoms with van der Waals surface area (Å²) in [5.74, 6) is 0.0170. The largest absolute Gasteiger partial charge is 0.369 e. The first-order valence-corrected chi connectivity index (χ1v) is 11.7. The van der Waals surface area contributed by atoms with Crippen molar-refractivity contribution in [2.75, 3.05) is 44.2 Å². The fourth-order valence-corrected chi connectivity index (χ4v) is 4.64. The first-order chi connectivity index (χ1) is 15.5. The molecule has 2 amide bonds. The molecule has 0 aliphatic carbocycles. The summed E-state index contributed by atoms with van der Waals surface area (Å²) in [5.41, 5.74) is 3.40. The molecule has 1 N–H and O–H groups in total. The average molecular weight is 455 g/mol. The van der Waals surface area contributed by atoms with E-state index in [1.54, 1.807) is 4.90 Å². The Bertz CT molecular complexity index is 941. The zero-order valence-electron chi connectivity index (χ0n) is 18.6. The van der Waals surface area contributed by atoms with Crippen LogP contribution < -0.4 is 10.2 Å². The van der Waals surface area contributed by atoms with Crippen molar-refractivity contribution in [3.8, 4) is 0 Å². The van der Waals surface area contributed by atoms with E-state index in [-0.39, 0.29) is 17.9 Å². The molecule has 0 bridgehead atoms. The van der Waals surface area contributed by atoms with Crippen LogP contribution in [0.15, 0.2) is 48.5 Å². The summed E-state index contributed by atoms with van der Waals surface area (Å²) in [6, 6.07) is 15.7. The number of likely N-dealkylation sites (tertiary alicyclic amines) is 1. The van der Waals surface area contributed by atoms with Gasteiger partial charge in [-0.3, -0.25) is 14.5 Å². The van der Waals surface area contributed by atoms with E-state index < -0.39 is 0 Å². The zero-order valence-corrected chi connectivity index (χ0v) is 19.4. The van der Waals surface area contributed by atoms with Gasteiger partial charge in [-0.2, -0.15) is 0 Å². The molecule has 2 aliphatic rings. The maximum absolute atomic E-state index is 12.8. The van der Waals surface area contributed by atoms with Gasteiger partial charge in [-0.25, -0.2) is 0 Å². The van der Waals surface area contributed by atoms with E-state index in [1.807, 2.05) is 49.4 Å². The van der Waals surface area contributed by atoms with Gasteiger partial charge in [0.25, 0.3) is 0 Å². The standard InChI is InChI=1S/C25H31ClN4O2/c1-19-5-7-20(8-6-19)18-30-23(9-10-24(30)31)25(32)27-11-12-28-13-15-29(16-14-28)22-4-2-3-21(26)17-22/h2-8,17,23H,9-16,18H2,1H3,(H,27,32)/t23-/m1/s1. The van der Waals surface area contributed by atoms with Gasteiger partial charge in [-0.1, -0.05) is 47.5 Å². The molecule has 2 aromatic carbocycles. The van der Waals surface area contributed by atoms with E-state index in [2.05, 4.69) is 21.2 Å². The van der Waals surface area contributed by atoms with Crippen LogP contribution in [0.2, 0.25) is 5.02 Å². The number of piperazine rings is 1. The van der Waals surface area contributed by atoms with E-state index in [4.69, 9.17) is 11.6 Å². The summed E-state index contributed by atoms with van der Waals surface area (Å²) < 4.78 is 0. The molecule has 6 nitrogen and oxygen atoms in total. The molecule has 0 unspecified atom stereocenters. The smallest absolute Gasteiger partial charge is 0.242 e. The lowest BCUT2D eigenvalue weighted by molar-refractivity contribution is -0.135. The summed E-state index contributed by atoms with van der Waals surface area (Å²) in [6.45, 7) is 7.72. The second kappa shape index (κ2) is 10.4. The maximum atomic E-state index is 12.8. The minimum Gasteiger partial charge on any atom is -0.369 e. The molecule has 2 aliphatic heterocycles. The highest BCUT2D eigenvalue weighted by molar-refractivity contribution is 6.30. The topological polar surface area (TPSA) is 55.9 Å². The second-order valence-corrected chi connectivity index (χ2v) is 9.10. The van der Waals surface area contributed by atoms with Crippen LogP contribution in [0, 0.1) is 6.92 Å². The molecule has 7 heteroatoms. The number of anilines is 1. The van der Waals surface area contributed by atoms with Crippen molar-refractivity contribution in [3.63, 3.8) is 0 Å². The lowest BCUT2D eigenvalue weighted by Crippen LogP contribution is -2.50. The molecule has 0 saturated carbocycles. The zero-order chi connectivity index (χ0) is 22.5. The quantitative estimate of drug-likeness (QED) is 0.698. The molecule has 0 radical (unpaired) electrons. The van der Waals surface area contributed by atoms with Crippen LogP contribution in [0.1, 0.15) is 24.0 Å². The third-order valence-electron chi connectivity index (χ3n) is 6.38. The molecule has 2 aromatic rings. The lowest BCUT2D eigenvalue weighted by atomic mass is 10.1. The van der Waals surface area contributed by atoms with Crippen molar-refractivity contribution < 1.29 is 9.59 Å². The molecule has 0 aromatic heterocycles. The van der Waals surface area contributed by atoms with E-state index >= 15 is 0 Å². The number of carbonyl (C=O) groups is 2. The van der Waals surface area contributed by atoms with Gasteiger partial charge in [-0.05, 0) is 37.1 Å². The number of rotatable bonds is 7. The van der Waals surface area contributed by atoms with Gasteiger partial charge in [0.05, 0.1) is 0 Å². The SMILES string of the molecule is Cc1ccc(CN2C(=O)CC[C@@H]2C(=O)NCCN2CCN(c3cccc(Cl)c3)CC2)cc1. The van der Waals surface area contributed by atoms with Crippen LogP contribution in [-0.4, -0.2) is 66.9 Å². The number of hydrogen-bond acceptors (Lipinski definition) is 4. The molecule has 4 rings (SSSR count). The maximum Gasteiger partial charge on any atom is 0.242 e. The van der Waals surface area contributed by atoms with Crippen LogP contribution in [0.4, 0.5) is 5.69 Å². The number of halogens is 1. The van der Waals surface area contributed by atoms with Gasteiger partial charge in [0.1, 0.15) is 6.04 Å². The third-order valence-corrected chi connectivity index (χ3v) is 6.61. The van der Waals surface area contributed by atoms with E-state index in [1.165, 1.54) is 5.56 Å². The second-order valence-electron chi connectivity index (χ2n) is 8.66. The Morgan fingerprint density at radius 1 is 1.09 bits per heavy atom. The predicted octanol–water partition coefficient (Wildman–Crippen LogP) is 3.08. The first-order valence-electron chi connectivity index (χ1n) is 11.4. The number of hydrogen-bond donors (Lipinski definition) is 1. The van der Waals surface area contributed by atoms with Gasteiger partial charge in [0.2, 0.25) is 11.8 Å². The number of amides is 2. The highest BCUT2D eigenvalue weighted by Crippen LogP contribution is 2.22. The fraction of sp³-hybridized carbons (Fsp3) is 0.440. The lowest BCUT2D eigenvalue weighted by Gasteiger charge is -2.36. The van der Waals surface area contributed by atoms with Gasteiger partial charge in [-0.15, -0.1) is 0 Å². The number of nitrogens with zero attached hydrogens (tertiary/aromatic N) is 3. The minimum atomic E-state index is -0.372. The Labute approximate surface area is 195 Å². The highest BCUT2D eigenvalue weighted by atomic mass is 35.5. The number of benzene rings is 2. The first kappa shape index (κ1) is 22.6. The molecule has 0 spiro atoms. The molecular weight excluding hydrogens is 424 g/mol. The Hall–Kier alpha value is -2.57. The summed E-state index contributed by atoms with van der Waals surface area (Å²) in [7, 11) is 0. The number of aryl methyl sites for hydroxylation is 1. The minimum absolute atomic E-state index is 0.0412. The van der Waals surface area contributed by atoms with Crippen molar-refractivity contribution in [2.24, 2.45) is 0 Å². The Balaban J connectivity index is 1.22. The average Bonchev–Trinajstić information content (AvgIpc) is 3.16. The van der Waals surface area contributed by atoms with Crippen molar-refractivity contribution in [3.05, 3.63) is 64.7 Å². The molecule has 2 fully saturated rings. The van der Waals surface area contributed by atoms with Crippen molar-refractivity contribution in [1.82, 2.24) is 15.1 Å². The van der Waals surface area contributed by atoms with Gasteiger partial charge in [0.15, 0.2) is 0 Å². The van der Waals surface area contributed by atoms with Gasteiger partial charge < -0.3 is 15.1 Å². The molecule has 2 saturated heterocycles. The summed E-state index contributed by atoms with van der Waals surface area (Å²) in [4.78, 5) is 31.6. The monoisotopic (exact) mass is 454 g/mol. The van der Waals surface area contributed by atoms with E-state index in [0.29, 0.717) is 25.9 Å². The van der Waals surface area contributed by atoms with Crippen LogP contribution in [0.5, 0.6) is 0 Å². The van der Waals surface area contributed by atoms with Crippen LogP contribution >= 0.6 is 11.6 Å². The van der Waals surface area contributed by atoms with Crippen molar-refractivity contribution >= 4 is 29.1 Å². The Kier molecular flexibility index (Phi) is 7.33. The van der Waals surface area contributed by atoms with Crippen LogP contribution in [0.3, 0.4) is 0 Å².